The third kappa shape index (κ3) is 7.82. The van der Waals surface area contributed by atoms with Crippen molar-refractivity contribution in [1.29, 1.82) is 0 Å². The van der Waals surface area contributed by atoms with E-state index in [0.717, 1.165) is 29.1 Å². The number of aromatic nitrogens is 2. The summed E-state index contributed by atoms with van der Waals surface area (Å²) in [6, 6.07) is 27.0. The van der Waals surface area contributed by atoms with E-state index in [0.29, 0.717) is 31.3 Å². The van der Waals surface area contributed by atoms with Crippen LogP contribution in [0.15, 0.2) is 85.1 Å². The van der Waals surface area contributed by atoms with Crippen LogP contribution in [0.3, 0.4) is 0 Å². The molecule has 0 radical (unpaired) electrons. The van der Waals surface area contributed by atoms with Gasteiger partial charge in [0.05, 0.1) is 18.3 Å². The molecule has 4 aromatic rings. The van der Waals surface area contributed by atoms with Crippen molar-refractivity contribution >= 4 is 11.6 Å². The maximum absolute atomic E-state index is 6.58. The van der Waals surface area contributed by atoms with Gasteiger partial charge in [0.2, 0.25) is 0 Å². The number of rotatable bonds is 12. The van der Waals surface area contributed by atoms with Crippen LogP contribution in [-0.4, -0.2) is 27.7 Å². The standard InChI is InChI=1S/C34H43ClN4O/c1-25(2)32(39(20-10-19-36)40-24-27-15-17-29(18-16-27)34(3,4)5)33-37-31(28-13-9-14-30(35)21-28)23-38(33)22-26-11-7-6-8-12-26/h6-9,11-18,21,23,25,32H,10,19-20,22,24,36H2,1-5H3/t32-/m1/s1. The van der Waals surface area contributed by atoms with Gasteiger partial charge in [-0.15, -0.1) is 0 Å². The summed E-state index contributed by atoms with van der Waals surface area (Å²) in [5, 5.41) is 2.79. The SMILES string of the molecule is CC(C)[C@H](c1nc(-c2cccc(Cl)c2)cn1Cc1ccccc1)N(CCCN)OCc1ccc(C(C)(C)C)cc1. The number of nitrogens with two attached hydrogens (primary N) is 1. The summed E-state index contributed by atoms with van der Waals surface area (Å²) in [5.41, 5.74) is 11.6. The van der Waals surface area contributed by atoms with E-state index in [2.05, 4.69) is 105 Å². The predicted molar refractivity (Wildman–Crippen MR) is 166 cm³/mol. The predicted octanol–water partition coefficient (Wildman–Crippen LogP) is 8.03. The molecule has 6 heteroatoms. The summed E-state index contributed by atoms with van der Waals surface area (Å²) in [5.74, 6) is 1.21. The number of benzene rings is 3. The summed E-state index contributed by atoms with van der Waals surface area (Å²) in [6.45, 7) is 13.6. The maximum Gasteiger partial charge on any atom is 0.129 e. The molecular weight excluding hydrogens is 516 g/mol. The summed E-state index contributed by atoms with van der Waals surface area (Å²) < 4.78 is 2.26. The van der Waals surface area contributed by atoms with Crippen LogP contribution in [-0.2, 0) is 23.4 Å². The van der Waals surface area contributed by atoms with E-state index in [-0.39, 0.29) is 17.4 Å². The molecule has 40 heavy (non-hydrogen) atoms. The minimum Gasteiger partial charge on any atom is -0.330 e. The highest BCUT2D eigenvalue weighted by molar-refractivity contribution is 6.30. The van der Waals surface area contributed by atoms with E-state index >= 15 is 0 Å². The molecule has 0 bridgehead atoms. The summed E-state index contributed by atoms with van der Waals surface area (Å²) in [4.78, 5) is 11.8. The fourth-order valence-electron chi connectivity index (χ4n) is 4.91. The fourth-order valence-corrected chi connectivity index (χ4v) is 5.10. The Morgan fingerprint density at radius 3 is 2.30 bits per heavy atom. The molecule has 0 unspecified atom stereocenters. The summed E-state index contributed by atoms with van der Waals surface area (Å²) in [6.07, 6.45) is 2.96. The maximum atomic E-state index is 6.58. The molecule has 0 aliphatic heterocycles. The van der Waals surface area contributed by atoms with Crippen molar-refractivity contribution in [1.82, 2.24) is 14.6 Å². The summed E-state index contributed by atoms with van der Waals surface area (Å²) >= 11 is 6.35. The molecule has 0 spiro atoms. The fraction of sp³-hybridized carbons (Fsp3) is 0.382. The lowest BCUT2D eigenvalue weighted by atomic mass is 9.87. The second kappa shape index (κ2) is 13.6. The van der Waals surface area contributed by atoms with Crippen LogP contribution >= 0.6 is 11.6 Å². The van der Waals surface area contributed by atoms with Crippen molar-refractivity contribution in [2.24, 2.45) is 11.7 Å². The van der Waals surface area contributed by atoms with Crippen molar-refractivity contribution in [2.75, 3.05) is 13.1 Å². The molecule has 3 aromatic carbocycles. The Morgan fingerprint density at radius 1 is 0.950 bits per heavy atom. The average Bonchev–Trinajstić information content (AvgIpc) is 3.33. The minimum atomic E-state index is -0.0722. The zero-order valence-corrected chi connectivity index (χ0v) is 25.2. The van der Waals surface area contributed by atoms with Gasteiger partial charge in [0.15, 0.2) is 0 Å². The second-order valence-electron chi connectivity index (χ2n) is 11.8. The van der Waals surface area contributed by atoms with E-state index in [1.54, 1.807) is 0 Å². The first kappa shape index (κ1) is 30.0. The summed E-state index contributed by atoms with van der Waals surface area (Å²) in [7, 11) is 0. The highest BCUT2D eigenvalue weighted by atomic mass is 35.5. The Labute approximate surface area is 244 Å². The van der Waals surface area contributed by atoms with Gasteiger partial charge in [-0.1, -0.05) is 113 Å². The molecule has 0 amide bonds. The largest absolute Gasteiger partial charge is 0.330 e. The first-order valence-corrected chi connectivity index (χ1v) is 14.6. The number of halogens is 1. The number of imidazole rings is 1. The Bertz CT molecular complexity index is 1340. The van der Waals surface area contributed by atoms with Gasteiger partial charge >= 0.3 is 0 Å². The van der Waals surface area contributed by atoms with Gasteiger partial charge in [0, 0.05) is 29.9 Å². The molecule has 1 aromatic heterocycles. The Morgan fingerprint density at radius 2 is 1.68 bits per heavy atom. The van der Waals surface area contributed by atoms with E-state index in [1.807, 2.05) is 24.3 Å². The second-order valence-corrected chi connectivity index (χ2v) is 12.2. The highest BCUT2D eigenvalue weighted by Gasteiger charge is 2.30. The average molecular weight is 559 g/mol. The van der Waals surface area contributed by atoms with Crippen molar-refractivity contribution in [3.8, 4) is 11.3 Å². The molecular formula is C34H43ClN4O. The molecule has 0 aliphatic carbocycles. The smallest absolute Gasteiger partial charge is 0.129 e. The van der Waals surface area contributed by atoms with Gasteiger partial charge in [0.25, 0.3) is 0 Å². The number of nitrogens with zero attached hydrogens (tertiary/aromatic N) is 3. The highest BCUT2D eigenvalue weighted by Crippen LogP contribution is 2.33. The van der Waals surface area contributed by atoms with Crippen LogP contribution in [0.25, 0.3) is 11.3 Å². The van der Waals surface area contributed by atoms with Crippen molar-refractivity contribution in [3.05, 3.63) is 113 Å². The van der Waals surface area contributed by atoms with Gasteiger partial charge in [0.1, 0.15) is 5.82 Å². The molecule has 212 valence electrons. The van der Waals surface area contributed by atoms with Crippen LogP contribution in [0, 0.1) is 5.92 Å². The third-order valence-electron chi connectivity index (χ3n) is 7.13. The van der Waals surface area contributed by atoms with Crippen LogP contribution in [0.2, 0.25) is 5.02 Å². The molecule has 1 heterocycles. The van der Waals surface area contributed by atoms with E-state index < -0.39 is 0 Å². The zero-order valence-electron chi connectivity index (χ0n) is 24.5. The molecule has 0 aliphatic rings. The normalized spacial score (nSPS) is 12.8. The minimum absolute atomic E-state index is 0.0722. The third-order valence-corrected chi connectivity index (χ3v) is 7.36. The topological polar surface area (TPSA) is 56.3 Å². The lowest BCUT2D eigenvalue weighted by Crippen LogP contribution is -2.35. The molecule has 5 nitrogen and oxygen atoms in total. The van der Waals surface area contributed by atoms with Gasteiger partial charge in [-0.3, -0.25) is 4.84 Å². The molecule has 4 rings (SSSR count). The van der Waals surface area contributed by atoms with E-state index in [9.17, 15) is 0 Å². The van der Waals surface area contributed by atoms with Crippen molar-refractivity contribution in [3.63, 3.8) is 0 Å². The number of hydroxylamine groups is 2. The number of hydrogen-bond donors (Lipinski definition) is 1. The van der Waals surface area contributed by atoms with Gasteiger partial charge in [-0.2, -0.15) is 5.06 Å². The Hall–Kier alpha value is -2.96. The van der Waals surface area contributed by atoms with Crippen molar-refractivity contribution < 1.29 is 4.84 Å². The van der Waals surface area contributed by atoms with Crippen molar-refractivity contribution in [2.45, 2.75) is 65.6 Å². The molecule has 0 saturated heterocycles. The van der Waals surface area contributed by atoms with Crippen LogP contribution in [0.1, 0.15) is 69.6 Å². The number of hydrogen-bond acceptors (Lipinski definition) is 4. The van der Waals surface area contributed by atoms with Crippen LogP contribution < -0.4 is 5.73 Å². The molecule has 0 saturated carbocycles. The molecule has 0 fully saturated rings. The Balaban J connectivity index is 1.69. The lowest BCUT2D eigenvalue weighted by Gasteiger charge is -2.33. The molecule has 2 N–H and O–H groups in total. The van der Waals surface area contributed by atoms with Gasteiger partial charge in [-0.25, -0.2) is 4.98 Å². The van der Waals surface area contributed by atoms with Gasteiger partial charge in [-0.05, 0) is 53.1 Å². The zero-order chi connectivity index (χ0) is 28.7. The van der Waals surface area contributed by atoms with Crippen LogP contribution in [0.4, 0.5) is 0 Å². The molecule has 1 atom stereocenters. The Kier molecular flexibility index (Phi) is 10.2. The van der Waals surface area contributed by atoms with E-state index in [1.165, 1.54) is 11.1 Å². The van der Waals surface area contributed by atoms with Gasteiger partial charge < -0.3 is 10.3 Å². The van der Waals surface area contributed by atoms with Crippen LogP contribution in [0.5, 0.6) is 0 Å². The monoisotopic (exact) mass is 558 g/mol. The van der Waals surface area contributed by atoms with E-state index in [4.69, 9.17) is 27.2 Å². The quantitative estimate of drug-likeness (QED) is 0.179. The first-order valence-electron chi connectivity index (χ1n) is 14.2. The lowest BCUT2D eigenvalue weighted by molar-refractivity contribution is -0.209. The first-order chi connectivity index (χ1) is 19.2.